The minimum atomic E-state index is -0.653. The number of nitrogens with one attached hydrogen (secondary N) is 1. The van der Waals surface area contributed by atoms with E-state index in [9.17, 15) is 19.7 Å². The maximum absolute atomic E-state index is 12.3. The van der Waals surface area contributed by atoms with Gasteiger partial charge in [0.2, 0.25) is 5.91 Å². The van der Waals surface area contributed by atoms with E-state index in [0.717, 1.165) is 16.3 Å². The number of halogens is 2. The van der Waals surface area contributed by atoms with E-state index in [1.54, 1.807) is 30.3 Å². The molecule has 0 saturated carbocycles. The number of nitro benzene ring substituents is 1. The standard InChI is InChI=1S/C18H12Cl2N4O4/c19-12-3-1-11(2-4-12)15-7-8-18(26)23(22-15)10-17(25)21-13-5-6-14(20)16(9-13)24(27)28/h1-9H,10H2,(H,21,25). The molecule has 2 aromatic carbocycles. The first-order chi connectivity index (χ1) is 13.3. The zero-order valence-electron chi connectivity index (χ0n) is 14.1. The van der Waals surface area contributed by atoms with Crippen LogP contribution in [0.1, 0.15) is 0 Å². The van der Waals surface area contributed by atoms with Crippen molar-refractivity contribution in [1.82, 2.24) is 9.78 Å². The fourth-order valence-electron chi connectivity index (χ4n) is 2.40. The largest absolute Gasteiger partial charge is 0.324 e. The van der Waals surface area contributed by atoms with E-state index in [2.05, 4.69) is 10.4 Å². The van der Waals surface area contributed by atoms with E-state index >= 15 is 0 Å². The van der Waals surface area contributed by atoms with Crippen LogP contribution in [0.2, 0.25) is 10.0 Å². The van der Waals surface area contributed by atoms with Crippen LogP contribution in [0.15, 0.2) is 59.4 Å². The van der Waals surface area contributed by atoms with E-state index < -0.39 is 16.4 Å². The van der Waals surface area contributed by atoms with Crippen LogP contribution in [0.25, 0.3) is 11.3 Å². The molecule has 28 heavy (non-hydrogen) atoms. The Morgan fingerprint density at radius 3 is 2.50 bits per heavy atom. The van der Waals surface area contributed by atoms with Gasteiger partial charge in [-0.05, 0) is 30.3 Å². The summed E-state index contributed by atoms with van der Waals surface area (Å²) in [6.45, 7) is -0.364. The van der Waals surface area contributed by atoms with Crippen LogP contribution in [0, 0.1) is 10.1 Å². The van der Waals surface area contributed by atoms with Gasteiger partial charge in [-0.1, -0.05) is 35.3 Å². The number of nitro groups is 1. The monoisotopic (exact) mass is 418 g/mol. The molecule has 0 aliphatic heterocycles. The quantitative estimate of drug-likeness (QED) is 0.501. The molecule has 3 aromatic rings. The molecule has 0 unspecified atom stereocenters. The number of nitrogens with zero attached hydrogens (tertiary/aromatic N) is 3. The van der Waals surface area contributed by atoms with Gasteiger partial charge in [0.25, 0.3) is 11.2 Å². The summed E-state index contributed by atoms with van der Waals surface area (Å²) >= 11 is 11.6. The molecule has 1 heterocycles. The summed E-state index contributed by atoms with van der Waals surface area (Å²) in [7, 11) is 0. The summed E-state index contributed by atoms with van der Waals surface area (Å²) in [6.07, 6.45) is 0. The molecule has 1 N–H and O–H groups in total. The van der Waals surface area contributed by atoms with Gasteiger partial charge in [-0.15, -0.1) is 0 Å². The van der Waals surface area contributed by atoms with Crippen molar-refractivity contribution in [2.75, 3.05) is 5.32 Å². The van der Waals surface area contributed by atoms with Crippen molar-refractivity contribution in [1.29, 1.82) is 0 Å². The lowest BCUT2D eigenvalue weighted by Gasteiger charge is -2.09. The van der Waals surface area contributed by atoms with Crippen molar-refractivity contribution in [3.8, 4) is 11.3 Å². The van der Waals surface area contributed by atoms with Gasteiger partial charge in [-0.3, -0.25) is 19.7 Å². The van der Waals surface area contributed by atoms with Crippen LogP contribution >= 0.6 is 23.2 Å². The molecule has 0 spiro atoms. The molecule has 3 rings (SSSR count). The molecule has 0 aliphatic carbocycles. The second-order valence-corrected chi connectivity index (χ2v) is 6.54. The SMILES string of the molecule is O=C(Cn1nc(-c2ccc(Cl)cc2)ccc1=O)Nc1ccc(Cl)c([N+](=O)[O-])c1. The first-order valence-electron chi connectivity index (χ1n) is 7.91. The summed E-state index contributed by atoms with van der Waals surface area (Å²) in [5.74, 6) is -0.570. The van der Waals surface area contributed by atoms with Crippen molar-refractivity contribution >= 4 is 40.5 Å². The maximum Gasteiger partial charge on any atom is 0.289 e. The zero-order chi connectivity index (χ0) is 20.3. The first kappa shape index (κ1) is 19.5. The van der Waals surface area contributed by atoms with Crippen molar-refractivity contribution in [3.63, 3.8) is 0 Å². The van der Waals surface area contributed by atoms with Gasteiger partial charge < -0.3 is 5.32 Å². The Balaban J connectivity index is 1.80. The normalized spacial score (nSPS) is 10.5. The summed E-state index contributed by atoms with van der Waals surface area (Å²) in [4.78, 5) is 34.6. The zero-order valence-corrected chi connectivity index (χ0v) is 15.6. The molecule has 0 radical (unpaired) electrons. The summed E-state index contributed by atoms with van der Waals surface area (Å²) < 4.78 is 1.00. The highest BCUT2D eigenvalue weighted by atomic mass is 35.5. The molecule has 142 valence electrons. The van der Waals surface area contributed by atoms with E-state index in [1.807, 2.05) is 0 Å². The Hall–Kier alpha value is -3.23. The number of carbonyl (C=O) groups excluding carboxylic acids is 1. The number of rotatable bonds is 5. The van der Waals surface area contributed by atoms with Gasteiger partial charge in [-0.25, -0.2) is 4.68 Å². The molecule has 1 aromatic heterocycles. The third-order valence-corrected chi connectivity index (χ3v) is 4.30. The van der Waals surface area contributed by atoms with Crippen LogP contribution < -0.4 is 10.9 Å². The molecule has 0 atom stereocenters. The third kappa shape index (κ3) is 4.54. The van der Waals surface area contributed by atoms with Crippen molar-refractivity contribution in [3.05, 3.63) is 85.1 Å². The lowest BCUT2D eigenvalue weighted by Crippen LogP contribution is -2.29. The Morgan fingerprint density at radius 1 is 1.11 bits per heavy atom. The Labute approximate surface area is 168 Å². The van der Waals surface area contributed by atoms with Crippen molar-refractivity contribution < 1.29 is 9.72 Å². The van der Waals surface area contributed by atoms with Gasteiger partial charge in [-0.2, -0.15) is 5.10 Å². The summed E-state index contributed by atoms with van der Waals surface area (Å²) in [5.41, 5.74) is 0.607. The molecule has 0 fully saturated rings. The first-order valence-corrected chi connectivity index (χ1v) is 8.67. The molecular weight excluding hydrogens is 407 g/mol. The highest BCUT2D eigenvalue weighted by molar-refractivity contribution is 6.32. The number of carbonyl (C=O) groups is 1. The van der Waals surface area contributed by atoms with Crippen LogP contribution in [-0.4, -0.2) is 20.6 Å². The van der Waals surface area contributed by atoms with Crippen molar-refractivity contribution in [2.45, 2.75) is 6.54 Å². The molecule has 10 heteroatoms. The van der Waals surface area contributed by atoms with Gasteiger partial charge >= 0.3 is 0 Å². The van der Waals surface area contributed by atoms with E-state index in [1.165, 1.54) is 18.2 Å². The molecule has 0 aliphatic rings. The van der Waals surface area contributed by atoms with Crippen LogP contribution in [0.5, 0.6) is 0 Å². The topological polar surface area (TPSA) is 107 Å². The lowest BCUT2D eigenvalue weighted by molar-refractivity contribution is -0.384. The fraction of sp³-hybridized carbons (Fsp3) is 0.0556. The number of aromatic nitrogens is 2. The molecule has 1 amide bonds. The van der Waals surface area contributed by atoms with Gasteiger partial charge in [0.1, 0.15) is 11.6 Å². The molecular formula is C18H12Cl2N4O4. The number of anilines is 1. The van der Waals surface area contributed by atoms with E-state index in [0.29, 0.717) is 10.7 Å². The maximum atomic E-state index is 12.3. The average Bonchev–Trinajstić information content (AvgIpc) is 2.65. The molecule has 0 bridgehead atoms. The van der Waals surface area contributed by atoms with E-state index in [-0.39, 0.29) is 22.9 Å². The third-order valence-electron chi connectivity index (χ3n) is 3.73. The predicted molar refractivity (Wildman–Crippen MR) is 106 cm³/mol. The highest BCUT2D eigenvalue weighted by Crippen LogP contribution is 2.27. The van der Waals surface area contributed by atoms with E-state index in [4.69, 9.17) is 23.2 Å². The number of benzene rings is 2. The van der Waals surface area contributed by atoms with Crippen LogP contribution in [0.3, 0.4) is 0 Å². The number of hydrogen-bond acceptors (Lipinski definition) is 5. The Morgan fingerprint density at radius 2 is 1.82 bits per heavy atom. The average molecular weight is 419 g/mol. The number of hydrogen-bond donors (Lipinski definition) is 1. The molecule has 0 saturated heterocycles. The second kappa shape index (κ2) is 8.20. The van der Waals surface area contributed by atoms with Gasteiger partial charge in [0, 0.05) is 28.4 Å². The lowest BCUT2D eigenvalue weighted by atomic mass is 10.1. The van der Waals surface area contributed by atoms with Crippen molar-refractivity contribution in [2.24, 2.45) is 0 Å². The minimum Gasteiger partial charge on any atom is -0.324 e. The van der Waals surface area contributed by atoms with Crippen LogP contribution in [-0.2, 0) is 11.3 Å². The Kier molecular flexibility index (Phi) is 5.72. The Bertz CT molecular complexity index is 1110. The minimum absolute atomic E-state index is 0.0449. The molecule has 8 nitrogen and oxygen atoms in total. The number of amides is 1. The predicted octanol–water partition coefficient (Wildman–Crippen LogP) is 3.76. The van der Waals surface area contributed by atoms with Gasteiger partial charge in [0.15, 0.2) is 0 Å². The fourth-order valence-corrected chi connectivity index (χ4v) is 2.72. The van der Waals surface area contributed by atoms with Crippen LogP contribution in [0.4, 0.5) is 11.4 Å². The summed E-state index contributed by atoms with van der Waals surface area (Å²) in [6, 6.07) is 13.6. The summed E-state index contributed by atoms with van der Waals surface area (Å²) in [5, 5.41) is 18.1. The highest BCUT2D eigenvalue weighted by Gasteiger charge is 2.14. The second-order valence-electron chi connectivity index (χ2n) is 5.69. The smallest absolute Gasteiger partial charge is 0.289 e. The van der Waals surface area contributed by atoms with Gasteiger partial charge in [0.05, 0.1) is 10.6 Å².